The van der Waals surface area contributed by atoms with E-state index >= 15 is 0 Å². The van der Waals surface area contributed by atoms with Gasteiger partial charge in [0.15, 0.2) is 0 Å². The topological polar surface area (TPSA) is 21.1 Å². The number of piperidine rings is 1. The van der Waals surface area contributed by atoms with E-state index in [1.807, 2.05) is 31.8 Å². The second kappa shape index (κ2) is 7.15. The van der Waals surface area contributed by atoms with E-state index in [1.54, 1.807) is 0 Å². The van der Waals surface area contributed by atoms with Crippen molar-refractivity contribution in [1.29, 1.82) is 0 Å². The summed E-state index contributed by atoms with van der Waals surface area (Å²) in [4.78, 5) is 2.52. The van der Waals surface area contributed by atoms with Gasteiger partial charge in [0.25, 0.3) is 0 Å². The van der Waals surface area contributed by atoms with Gasteiger partial charge in [0, 0.05) is 25.2 Å². The molecular formula is C14H26ClN3. The number of likely N-dealkylation sites (tertiary alicyclic amines) is 1. The van der Waals surface area contributed by atoms with Crippen LogP contribution in [-0.2, 0) is 7.05 Å². The summed E-state index contributed by atoms with van der Waals surface area (Å²) in [5.74, 6) is 0.545. The van der Waals surface area contributed by atoms with E-state index < -0.39 is 0 Å². The van der Waals surface area contributed by atoms with Crippen LogP contribution in [0, 0.1) is 0 Å². The van der Waals surface area contributed by atoms with Crippen molar-refractivity contribution < 1.29 is 0 Å². The Morgan fingerprint density at radius 1 is 1.28 bits per heavy atom. The quantitative estimate of drug-likeness (QED) is 0.818. The summed E-state index contributed by atoms with van der Waals surface area (Å²) in [6.45, 7) is 10.8. The Hall–Kier alpha value is -0.540. The van der Waals surface area contributed by atoms with Crippen LogP contribution >= 0.6 is 11.6 Å². The van der Waals surface area contributed by atoms with Gasteiger partial charge in [-0.1, -0.05) is 25.4 Å². The van der Waals surface area contributed by atoms with Crippen molar-refractivity contribution in [2.75, 3.05) is 13.1 Å². The third kappa shape index (κ3) is 3.72. The molecule has 1 aromatic rings. The molecule has 2 heterocycles. The molecule has 1 aromatic heterocycles. The smallest absolute Gasteiger partial charge is 0.0842 e. The number of rotatable bonds is 2. The minimum absolute atomic E-state index is 0.545. The predicted octanol–water partition coefficient (Wildman–Crippen LogP) is 3.69. The third-order valence-electron chi connectivity index (χ3n) is 3.46. The molecule has 4 heteroatoms. The highest BCUT2D eigenvalue weighted by atomic mass is 35.5. The molecule has 0 spiro atoms. The summed E-state index contributed by atoms with van der Waals surface area (Å²) in [7, 11) is 1.93. The Labute approximate surface area is 116 Å². The average molecular weight is 272 g/mol. The van der Waals surface area contributed by atoms with Crippen molar-refractivity contribution in [3.8, 4) is 0 Å². The molecule has 0 aliphatic carbocycles. The van der Waals surface area contributed by atoms with Gasteiger partial charge in [0.2, 0.25) is 0 Å². The molecule has 2 rings (SSSR count). The lowest BCUT2D eigenvalue weighted by Crippen LogP contribution is -2.37. The maximum Gasteiger partial charge on any atom is 0.0842 e. The molecule has 1 saturated heterocycles. The summed E-state index contributed by atoms with van der Waals surface area (Å²) < 4.78 is 1.81. The standard InChI is InChI=1S/C12H20ClN3.C2H6/c1-9(2)16-6-4-10(5-7-16)12-11(13)8-15(3)14-12;1-2/h8-10H,4-7H2,1-3H3;1-2H3. The van der Waals surface area contributed by atoms with Gasteiger partial charge in [-0.25, -0.2) is 0 Å². The number of halogens is 1. The molecule has 0 saturated carbocycles. The lowest BCUT2D eigenvalue weighted by Gasteiger charge is -2.34. The lowest BCUT2D eigenvalue weighted by molar-refractivity contribution is 0.170. The zero-order chi connectivity index (χ0) is 13.7. The Morgan fingerprint density at radius 2 is 1.83 bits per heavy atom. The summed E-state index contributed by atoms with van der Waals surface area (Å²) in [6, 6.07) is 0.653. The summed E-state index contributed by atoms with van der Waals surface area (Å²) >= 11 is 6.18. The van der Waals surface area contributed by atoms with Crippen LogP contribution in [0.4, 0.5) is 0 Å². The largest absolute Gasteiger partial charge is 0.301 e. The van der Waals surface area contributed by atoms with Crippen LogP contribution in [-0.4, -0.2) is 33.8 Å². The van der Waals surface area contributed by atoms with Crippen LogP contribution < -0.4 is 0 Å². The van der Waals surface area contributed by atoms with Crippen LogP contribution in [0.2, 0.25) is 5.02 Å². The normalized spacial score (nSPS) is 17.7. The second-order valence-electron chi connectivity index (χ2n) is 4.94. The van der Waals surface area contributed by atoms with Crippen LogP contribution in [0.25, 0.3) is 0 Å². The molecule has 0 unspecified atom stereocenters. The van der Waals surface area contributed by atoms with Gasteiger partial charge in [0.05, 0.1) is 10.7 Å². The first kappa shape index (κ1) is 15.5. The highest BCUT2D eigenvalue weighted by Gasteiger charge is 2.25. The Bertz CT molecular complexity index is 352. The molecule has 0 bridgehead atoms. The summed E-state index contributed by atoms with van der Waals surface area (Å²) in [5, 5.41) is 5.29. The average Bonchev–Trinajstić information content (AvgIpc) is 2.71. The van der Waals surface area contributed by atoms with Gasteiger partial charge in [-0.3, -0.25) is 4.68 Å². The molecule has 1 fully saturated rings. The molecule has 1 aliphatic heterocycles. The zero-order valence-electron chi connectivity index (χ0n) is 12.3. The maximum atomic E-state index is 6.18. The van der Waals surface area contributed by atoms with E-state index in [0.29, 0.717) is 12.0 Å². The number of nitrogens with zero attached hydrogens (tertiary/aromatic N) is 3. The number of aromatic nitrogens is 2. The highest BCUT2D eigenvalue weighted by Crippen LogP contribution is 2.31. The Balaban J connectivity index is 0.000000771. The van der Waals surface area contributed by atoms with Crippen LogP contribution in [0.3, 0.4) is 0 Å². The minimum Gasteiger partial charge on any atom is -0.301 e. The summed E-state index contributed by atoms with van der Waals surface area (Å²) in [6.07, 6.45) is 4.25. The van der Waals surface area contributed by atoms with Crippen LogP contribution in [0.5, 0.6) is 0 Å². The molecule has 18 heavy (non-hydrogen) atoms. The van der Waals surface area contributed by atoms with Crippen molar-refractivity contribution in [3.63, 3.8) is 0 Å². The van der Waals surface area contributed by atoms with Gasteiger partial charge in [-0.2, -0.15) is 5.10 Å². The van der Waals surface area contributed by atoms with Gasteiger partial charge in [-0.05, 0) is 39.8 Å². The predicted molar refractivity (Wildman–Crippen MR) is 78.3 cm³/mol. The van der Waals surface area contributed by atoms with E-state index in [-0.39, 0.29) is 0 Å². The van der Waals surface area contributed by atoms with E-state index in [1.165, 1.54) is 12.8 Å². The first-order chi connectivity index (χ1) is 8.58. The van der Waals surface area contributed by atoms with Gasteiger partial charge < -0.3 is 4.90 Å². The molecule has 1 aliphatic rings. The third-order valence-corrected chi connectivity index (χ3v) is 3.75. The lowest BCUT2D eigenvalue weighted by atomic mass is 9.93. The fourth-order valence-electron chi connectivity index (χ4n) is 2.44. The van der Waals surface area contributed by atoms with Crippen molar-refractivity contribution in [3.05, 3.63) is 16.9 Å². The molecule has 0 aromatic carbocycles. The van der Waals surface area contributed by atoms with Crippen molar-refractivity contribution in [1.82, 2.24) is 14.7 Å². The monoisotopic (exact) mass is 271 g/mol. The SMILES string of the molecule is CC.CC(C)N1CCC(c2nn(C)cc2Cl)CC1. The van der Waals surface area contributed by atoms with Crippen LogP contribution in [0.1, 0.15) is 52.1 Å². The van der Waals surface area contributed by atoms with Crippen LogP contribution in [0.15, 0.2) is 6.20 Å². The summed E-state index contributed by atoms with van der Waals surface area (Å²) in [5.41, 5.74) is 1.09. The molecule has 0 radical (unpaired) electrons. The van der Waals surface area contributed by atoms with Gasteiger partial charge >= 0.3 is 0 Å². The van der Waals surface area contributed by atoms with Gasteiger partial charge in [-0.15, -0.1) is 0 Å². The molecule has 0 N–H and O–H groups in total. The first-order valence-electron chi connectivity index (χ1n) is 7.01. The number of hydrogen-bond donors (Lipinski definition) is 0. The van der Waals surface area contributed by atoms with E-state index in [4.69, 9.17) is 11.6 Å². The Kier molecular flexibility index (Phi) is 6.16. The zero-order valence-corrected chi connectivity index (χ0v) is 13.0. The van der Waals surface area contributed by atoms with Crippen molar-refractivity contribution >= 4 is 11.6 Å². The van der Waals surface area contributed by atoms with Crippen molar-refractivity contribution in [2.24, 2.45) is 7.05 Å². The molecule has 0 atom stereocenters. The highest BCUT2D eigenvalue weighted by molar-refractivity contribution is 6.31. The fraction of sp³-hybridized carbons (Fsp3) is 0.786. The van der Waals surface area contributed by atoms with E-state index in [9.17, 15) is 0 Å². The minimum atomic E-state index is 0.545. The van der Waals surface area contributed by atoms with Gasteiger partial charge in [0.1, 0.15) is 0 Å². The van der Waals surface area contributed by atoms with Crippen molar-refractivity contribution in [2.45, 2.75) is 52.5 Å². The molecule has 104 valence electrons. The Morgan fingerprint density at radius 3 is 2.22 bits per heavy atom. The molecular weight excluding hydrogens is 246 g/mol. The maximum absolute atomic E-state index is 6.18. The van der Waals surface area contributed by atoms with E-state index in [0.717, 1.165) is 23.8 Å². The van der Waals surface area contributed by atoms with E-state index in [2.05, 4.69) is 23.8 Å². The fourth-order valence-corrected chi connectivity index (χ4v) is 2.78. The number of aryl methyl sites for hydroxylation is 1. The molecule has 0 amide bonds. The molecule has 3 nitrogen and oxygen atoms in total. The number of hydrogen-bond acceptors (Lipinski definition) is 2. The second-order valence-corrected chi connectivity index (χ2v) is 5.35. The first-order valence-corrected chi connectivity index (χ1v) is 7.39.